The summed E-state index contributed by atoms with van der Waals surface area (Å²) < 4.78 is 43.2. The standard InChI is InChI=1S/C15H18F3NO5/c1-14(2,3)24-13(23)19-10(12(21)22)7-8-4-5-11(20)9(6-8)15(16,17)18/h4-6,10,20H,7H2,1-3H3,(H,19,23)(H,21,22)/t10-/m0/s1. The van der Waals surface area contributed by atoms with E-state index in [1.165, 1.54) is 0 Å². The Labute approximate surface area is 136 Å². The van der Waals surface area contributed by atoms with Gasteiger partial charge in [-0.2, -0.15) is 13.2 Å². The molecule has 3 N–H and O–H groups in total. The lowest BCUT2D eigenvalue weighted by molar-refractivity contribution is -0.139. The molecule has 1 aromatic rings. The van der Waals surface area contributed by atoms with Gasteiger partial charge in [0.15, 0.2) is 0 Å². The number of carbonyl (C=O) groups is 2. The molecule has 0 saturated carbocycles. The number of rotatable bonds is 4. The fourth-order valence-electron chi connectivity index (χ4n) is 1.82. The molecule has 134 valence electrons. The predicted molar refractivity (Wildman–Crippen MR) is 77.6 cm³/mol. The minimum atomic E-state index is -4.78. The molecule has 0 fully saturated rings. The molecule has 0 radical (unpaired) electrons. The molecule has 1 rings (SSSR count). The number of carboxylic acid groups (broad SMARTS) is 1. The molecule has 0 unspecified atom stereocenters. The predicted octanol–water partition coefficient (Wildman–Crippen LogP) is 2.93. The minimum Gasteiger partial charge on any atom is -0.507 e. The summed E-state index contributed by atoms with van der Waals surface area (Å²) in [7, 11) is 0. The van der Waals surface area contributed by atoms with E-state index in [1.54, 1.807) is 20.8 Å². The molecule has 0 bridgehead atoms. The van der Waals surface area contributed by atoms with Gasteiger partial charge in [0.25, 0.3) is 0 Å². The van der Waals surface area contributed by atoms with Crippen molar-refractivity contribution in [3.8, 4) is 5.75 Å². The summed E-state index contributed by atoms with van der Waals surface area (Å²) in [5.74, 6) is -2.39. The Hall–Kier alpha value is -2.45. The van der Waals surface area contributed by atoms with Crippen molar-refractivity contribution in [2.24, 2.45) is 0 Å². The Kier molecular flexibility index (Phi) is 5.70. The molecule has 9 heteroatoms. The highest BCUT2D eigenvalue weighted by Gasteiger charge is 2.34. The van der Waals surface area contributed by atoms with Crippen molar-refractivity contribution < 1.29 is 37.7 Å². The monoisotopic (exact) mass is 349 g/mol. The Morgan fingerprint density at radius 2 is 1.83 bits per heavy atom. The maximum absolute atomic E-state index is 12.8. The van der Waals surface area contributed by atoms with Gasteiger partial charge in [-0.1, -0.05) is 6.07 Å². The molecule has 24 heavy (non-hydrogen) atoms. The first-order valence-corrected chi connectivity index (χ1v) is 6.91. The number of carbonyl (C=O) groups excluding carboxylic acids is 1. The number of aliphatic carboxylic acids is 1. The van der Waals surface area contributed by atoms with Crippen LogP contribution >= 0.6 is 0 Å². The number of aromatic hydroxyl groups is 1. The van der Waals surface area contributed by atoms with Crippen molar-refractivity contribution in [3.05, 3.63) is 29.3 Å². The number of carboxylic acids is 1. The topological polar surface area (TPSA) is 95.9 Å². The smallest absolute Gasteiger partial charge is 0.419 e. The van der Waals surface area contributed by atoms with Crippen LogP contribution in [-0.4, -0.2) is 33.9 Å². The quantitative estimate of drug-likeness (QED) is 0.777. The lowest BCUT2D eigenvalue weighted by Gasteiger charge is -2.22. The van der Waals surface area contributed by atoms with Gasteiger partial charge in [-0.25, -0.2) is 9.59 Å². The lowest BCUT2D eigenvalue weighted by atomic mass is 10.0. The van der Waals surface area contributed by atoms with Gasteiger partial charge in [-0.05, 0) is 38.5 Å². The van der Waals surface area contributed by atoms with E-state index in [-0.39, 0.29) is 5.56 Å². The van der Waals surface area contributed by atoms with Crippen molar-refractivity contribution in [1.82, 2.24) is 5.32 Å². The van der Waals surface area contributed by atoms with E-state index in [9.17, 15) is 27.9 Å². The summed E-state index contributed by atoms with van der Waals surface area (Å²) in [6, 6.07) is 1.13. The zero-order valence-corrected chi connectivity index (χ0v) is 13.3. The minimum absolute atomic E-state index is 0.0106. The van der Waals surface area contributed by atoms with Crippen LogP contribution in [0.3, 0.4) is 0 Å². The van der Waals surface area contributed by atoms with Crippen LogP contribution in [0.4, 0.5) is 18.0 Å². The second-order valence-corrected chi connectivity index (χ2v) is 6.09. The molecule has 0 aliphatic heterocycles. The summed E-state index contributed by atoms with van der Waals surface area (Å²) in [5.41, 5.74) is -2.14. The van der Waals surface area contributed by atoms with E-state index in [1.807, 2.05) is 0 Å². The van der Waals surface area contributed by atoms with E-state index < -0.39 is 47.6 Å². The van der Waals surface area contributed by atoms with E-state index in [0.29, 0.717) is 6.07 Å². The van der Waals surface area contributed by atoms with Crippen LogP contribution in [0.25, 0.3) is 0 Å². The second kappa shape index (κ2) is 6.98. The summed E-state index contributed by atoms with van der Waals surface area (Å²) >= 11 is 0. The fourth-order valence-corrected chi connectivity index (χ4v) is 1.82. The van der Waals surface area contributed by atoms with Gasteiger partial charge < -0.3 is 20.3 Å². The van der Waals surface area contributed by atoms with Gasteiger partial charge in [-0.3, -0.25) is 0 Å². The molecule has 0 saturated heterocycles. The van der Waals surface area contributed by atoms with E-state index in [2.05, 4.69) is 5.32 Å². The summed E-state index contributed by atoms with van der Waals surface area (Å²) in [5, 5.41) is 20.5. The molecular formula is C15H18F3NO5. The zero-order chi connectivity index (χ0) is 18.7. The first-order valence-electron chi connectivity index (χ1n) is 6.91. The van der Waals surface area contributed by atoms with Crippen LogP contribution in [0.2, 0.25) is 0 Å². The largest absolute Gasteiger partial charge is 0.507 e. The molecule has 0 aliphatic carbocycles. The van der Waals surface area contributed by atoms with Gasteiger partial charge in [0.1, 0.15) is 17.4 Å². The van der Waals surface area contributed by atoms with Crippen LogP contribution in [0.1, 0.15) is 31.9 Å². The number of hydrogen-bond acceptors (Lipinski definition) is 4. The third-order valence-electron chi connectivity index (χ3n) is 2.80. The molecule has 0 aliphatic rings. The number of hydrogen-bond donors (Lipinski definition) is 3. The van der Waals surface area contributed by atoms with Crippen LogP contribution in [0.15, 0.2) is 18.2 Å². The van der Waals surface area contributed by atoms with E-state index in [0.717, 1.165) is 12.1 Å². The molecule has 1 atom stereocenters. The highest BCUT2D eigenvalue weighted by Crippen LogP contribution is 2.36. The molecular weight excluding hydrogens is 331 g/mol. The zero-order valence-electron chi connectivity index (χ0n) is 13.3. The number of alkyl halides is 3. The van der Waals surface area contributed by atoms with Crippen LogP contribution < -0.4 is 5.32 Å². The first-order chi connectivity index (χ1) is 10.8. The average Bonchev–Trinajstić information content (AvgIpc) is 2.36. The van der Waals surface area contributed by atoms with Crippen molar-refractivity contribution in [1.29, 1.82) is 0 Å². The lowest BCUT2D eigenvalue weighted by Crippen LogP contribution is -2.44. The van der Waals surface area contributed by atoms with E-state index in [4.69, 9.17) is 9.84 Å². The summed E-state index contributed by atoms with van der Waals surface area (Å²) in [6.45, 7) is 4.74. The number of benzene rings is 1. The molecule has 1 aromatic carbocycles. The van der Waals surface area contributed by atoms with Gasteiger partial charge in [-0.15, -0.1) is 0 Å². The highest BCUT2D eigenvalue weighted by molar-refractivity contribution is 5.80. The average molecular weight is 349 g/mol. The van der Waals surface area contributed by atoms with Gasteiger partial charge in [0.05, 0.1) is 5.56 Å². The molecule has 0 spiro atoms. The van der Waals surface area contributed by atoms with Crippen LogP contribution in [0, 0.1) is 0 Å². The van der Waals surface area contributed by atoms with Gasteiger partial charge >= 0.3 is 18.2 Å². The van der Waals surface area contributed by atoms with Crippen molar-refractivity contribution in [2.75, 3.05) is 0 Å². The second-order valence-electron chi connectivity index (χ2n) is 6.09. The molecule has 0 aromatic heterocycles. The number of alkyl carbamates (subject to hydrolysis) is 1. The number of nitrogens with one attached hydrogen (secondary N) is 1. The Morgan fingerprint density at radius 3 is 2.29 bits per heavy atom. The normalized spacial score (nSPS) is 13.2. The van der Waals surface area contributed by atoms with Crippen LogP contribution in [0.5, 0.6) is 5.75 Å². The Bertz CT molecular complexity index is 623. The molecule has 6 nitrogen and oxygen atoms in total. The van der Waals surface area contributed by atoms with Gasteiger partial charge in [0, 0.05) is 6.42 Å². The number of amides is 1. The fraction of sp³-hybridized carbons (Fsp3) is 0.467. The van der Waals surface area contributed by atoms with Gasteiger partial charge in [0.2, 0.25) is 0 Å². The third-order valence-corrected chi connectivity index (χ3v) is 2.80. The maximum atomic E-state index is 12.8. The number of ether oxygens (including phenoxy) is 1. The summed E-state index contributed by atoms with van der Waals surface area (Å²) in [6.07, 6.45) is -6.18. The molecule has 1 amide bonds. The number of halogens is 3. The SMILES string of the molecule is CC(C)(C)OC(=O)N[C@@H](Cc1ccc(O)c(C(F)(F)F)c1)C(=O)O. The summed E-state index contributed by atoms with van der Waals surface area (Å²) in [4.78, 5) is 22.8. The highest BCUT2D eigenvalue weighted by atomic mass is 19.4. The Balaban J connectivity index is 2.94. The maximum Gasteiger partial charge on any atom is 0.419 e. The van der Waals surface area contributed by atoms with E-state index >= 15 is 0 Å². The van der Waals surface area contributed by atoms with Crippen molar-refractivity contribution in [2.45, 2.75) is 45.0 Å². The number of phenols is 1. The van der Waals surface area contributed by atoms with Crippen molar-refractivity contribution >= 4 is 12.1 Å². The Morgan fingerprint density at radius 1 is 1.25 bits per heavy atom. The first kappa shape index (κ1) is 19.6. The van der Waals surface area contributed by atoms with Crippen molar-refractivity contribution in [3.63, 3.8) is 0 Å². The molecule has 0 heterocycles. The van der Waals surface area contributed by atoms with Crippen LogP contribution in [-0.2, 0) is 22.1 Å². The number of phenolic OH excluding ortho intramolecular Hbond substituents is 1. The third kappa shape index (κ3) is 5.98.